The lowest BCUT2D eigenvalue weighted by atomic mass is 9.86. The molecular formula is C14H25N3O2. The monoisotopic (exact) mass is 267 g/mol. The van der Waals surface area contributed by atoms with E-state index in [9.17, 15) is 5.11 Å². The number of aryl methyl sites for hydroxylation is 2. The molecule has 5 nitrogen and oxygen atoms in total. The minimum atomic E-state index is -0.557. The molecule has 19 heavy (non-hydrogen) atoms. The van der Waals surface area contributed by atoms with Crippen molar-refractivity contribution >= 4 is 0 Å². The van der Waals surface area contributed by atoms with E-state index < -0.39 is 6.10 Å². The number of ether oxygens (including phenoxy) is 1. The molecule has 2 rings (SSSR count). The smallest absolute Gasteiger partial charge is 0.217 e. The lowest BCUT2D eigenvalue weighted by Crippen LogP contribution is -2.42. The van der Waals surface area contributed by atoms with E-state index in [1.165, 1.54) is 12.8 Å². The molecule has 1 aliphatic rings. The molecule has 0 saturated carbocycles. The van der Waals surface area contributed by atoms with Crippen LogP contribution in [0.15, 0.2) is 0 Å². The van der Waals surface area contributed by atoms with Crippen molar-refractivity contribution in [1.82, 2.24) is 15.1 Å². The van der Waals surface area contributed by atoms with Gasteiger partial charge in [0.25, 0.3) is 0 Å². The van der Waals surface area contributed by atoms with Crippen molar-refractivity contribution in [3.63, 3.8) is 0 Å². The van der Waals surface area contributed by atoms with Gasteiger partial charge in [0.05, 0.1) is 18.4 Å². The number of rotatable bonds is 4. The Kier molecular flexibility index (Phi) is 4.47. The lowest BCUT2D eigenvalue weighted by molar-refractivity contribution is 0.0947. The summed E-state index contributed by atoms with van der Waals surface area (Å²) in [6.45, 7) is 5.11. The van der Waals surface area contributed by atoms with E-state index in [1.54, 1.807) is 11.8 Å². The highest BCUT2D eigenvalue weighted by molar-refractivity contribution is 5.34. The van der Waals surface area contributed by atoms with Gasteiger partial charge < -0.3 is 15.2 Å². The Morgan fingerprint density at radius 2 is 2.32 bits per heavy atom. The van der Waals surface area contributed by atoms with Crippen LogP contribution in [0.3, 0.4) is 0 Å². The van der Waals surface area contributed by atoms with Crippen molar-refractivity contribution in [1.29, 1.82) is 0 Å². The molecule has 1 saturated heterocycles. The first-order valence-corrected chi connectivity index (χ1v) is 7.07. The number of aliphatic hydroxyl groups is 1. The molecule has 1 aromatic heterocycles. The van der Waals surface area contributed by atoms with Gasteiger partial charge in [0.2, 0.25) is 5.88 Å². The van der Waals surface area contributed by atoms with Gasteiger partial charge in [0, 0.05) is 13.1 Å². The van der Waals surface area contributed by atoms with Gasteiger partial charge in [-0.3, -0.25) is 0 Å². The fourth-order valence-corrected chi connectivity index (χ4v) is 3.08. The SMILES string of the molecule is CCC1CCNC(C(O)c2c(C)nn(C)c2OC)C1. The molecule has 0 aromatic carbocycles. The summed E-state index contributed by atoms with van der Waals surface area (Å²) in [6.07, 6.45) is 2.82. The van der Waals surface area contributed by atoms with Gasteiger partial charge in [-0.25, -0.2) is 4.68 Å². The normalized spacial score (nSPS) is 25.3. The van der Waals surface area contributed by atoms with Gasteiger partial charge in [-0.05, 0) is 32.2 Å². The second-order valence-corrected chi connectivity index (χ2v) is 5.44. The summed E-state index contributed by atoms with van der Waals surface area (Å²) < 4.78 is 7.06. The summed E-state index contributed by atoms with van der Waals surface area (Å²) in [6, 6.07) is 0.0931. The fraction of sp³-hybridized carbons (Fsp3) is 0.786. The fourth-order valence-electron chi connectivity index (χ4n) is 3.08. The second kappa shape index (κ2) is 5.92. The van der Waals surface area contributed by atoms with E-state index in [4.69, 9.17) is 4.74 Å². The maximum Gasteiger partial charge on any atom is 0.217 e. The number of hydrogen-bond acceptors (Lipinski definition) is 4. The number of aliphatic hydroxyl groups excluding tert-OH is 1. The maximum atomic E-state index is 10.7. The number of aromatic nitrogens is 2. The summed E-state index contributed by atoms with van der Waals surface area (Å²) >= 11 is 0. The molecule has 2 N–H and O–H groups in total. The average molecular weight is 267 g/mol. The number of methoxy groups -OCH3 is 1. The highest BCUT2D eigenvalue weighted by Crippen LogP contribution is 2.34. The van der Waals surface area contributed by atoms with Crippen molar-refractivity contribution in [2.75, 3.05) is 13.7 Å². The van der Waals surface area contributed by atoms with Gasteiger partial charge in [0.1, 0.15) is 6.10 Å². The summed E-state index contributed by atoms with van der Waals surface area (Å²) in [5, 5.41) is 18.4. The van der Waals surface area contributed by atoms with E-state index in [1.807, 2.05) is 14.0 Å². The van der Waals surface area contributed by atoms with Crippen molar-refractivity contribution in [2.24, 2.45) is 13.0 Å². The summed E-state index contributed by atoms with van der Waals surface area (Å²) in [7, 11) is 3.46. The van der Waals surface area contributed by atoms with Gasteiger partial charge in [-0.1, -0.05) is 13.3 Å². The molecule has 3 unspecified atom stereocenters. The largest absolute Gasteiger partial charge is 0.481 e. The van der Waals surface area contributed by atoms with Crippen LogP contribution in [-0.2, 0) is 7.05 Å². The first-order chi connectivity index (χ1) is 9.08. The second-order valence-electron chi connectivity index (χ2n) is 5.44. The zero-order chi connectivity index (χ0) is 14.0. The number of nitrogens with one attached hydrogen (secondary N) is 1. The minimum absolute atomic E-state index is 0.0931. The zero-order valence-electron chi connectivity index (χ0n) is 12.3. The standard InChI is InChI=1S/C14H25N3O2/c1-5-10-6-7-15-11(8-10)13(18)12-9(2)16-17(3)14(12)19-4/h10-11,13,15,18H,5-8H2,1-4H3. The number of piperidine rings is 1. The highest BCUT2D eigenvalue weighted by Gasteiger charge is 2.31. The van der Waals surface area contributed by atoms with Crippen LogP contribution in [0.2, 0.25) is 0 Å². The van der Waals surface area contributed by atoms with E-state index in [0.29, 0.717) is 11.8 Å². The van der Waals surface area contributed by atoms with E-state index >= 15 is 0 Å². The Labute approximate surface area is 115 Å². The van der Waals surface area contributed by atoms with Gasteiger partial charge in [-0.2, -0.15) is 5.10 Å². The van der Waals surface area contributed by atoms with Gasteiger partial charge in [-0.15, -0.1) is 0 Å². The van der Waals surface area contributed by atoms with Gasteiger partial charge in [0.15, 0.2) is 0 Å². The molecule has 3 atom stereocenters. The molecule has 1 aromatic rings. The third-order valence-electron chi connectivity index (χ3n) is 4.21. The quantitative estimate of drug-likeness (QED) is 0.869. The van der Waals surface area contributed by atoms with Crippen molar-refractivity contribution in [2.45, 2.75) is 45.3 Å². The average Bonchev–Trinajstić information content (AvgIpc) is 2.71. The Balaban J connectivity index is 2.21. The topological polar surface area (TPSA) is 59.3 Å². The summed E-state index contributed by atoms with van der Waals surface area (Å²) in [5.41, 5.74) is 1.66. The van der Waals surface area contributed by atoms with E-state index in [-0.39, 0.29) is 6.04 Å². The first-order valence-electron chi connectivity index (χ1n) is 7.07. The zero-order valence-corrected chi connectivity index (χ0v) is 12.3. The Morgan fingerprint density at radius 1 is 1.58 bits per heavy atom. The van der Waals surface area contributed by atoms with Crippen LogP contribution in [0.1, 0.15) is 43.5 Å². The molecular weight excluding hydrogens is 242 g/mol. The third kappa shape index (κ3) is 2.77. The van der Waals surface area contributed by atoms with Crippen LogP contribution >= 0.6 is 0 Å². The Bertz CT molecular complexity index is 431. The molecule has 108 valence electrons. The molecule has 0 aliphatic carbocycles. The summed E-state index contributed by atoms with van der Waals surface area (Å²) in [4.78, 5) is 0. The highest BCUT2D eigenvalue weighted by atomic mass is 16.5. The van der Waals surface area contributed by atoms with Crippen LogP contribution in [-0.4, -0.2) is 34.6 Å². The summed E-state index contributed by atoms with van der Waals surface area (Å²) in [5.74, 6) is 1.36. The Morgan fingerprint density at radius 3 is 2.95 bits per heavy atom. The molecule has 1 aliphatic heterocycles. The Hall–Kier alpha value is -1.07. The molecule has 1 fully saturated rings. The molecule has 0 bridgehead atoms. The maximum absolute atomic E-state index is 10.7. The van der Waals surface area contributed by atoms with Crippen molar-refractivity contribution < 1.29 is 9.84 Å². The molecule has 0 amide bonds. The predicted molar refractivity (Wildman–Crippen MR) is 74.3 cm³/mol. The van der Waals surface area contributed by atoms with Crippen LogP contribution in [0.5, 0.6) is 5.88 Å². The van der Waals surface area contributed by atoms with Crippen molar-refractivity contribution in [3.05, 3.63) is 11.3 Å². The van der Waals surface area contributed by atoms with Crippen molar-refractivity contribution in [3.8, 4) is 5.88 Å². The van der Waals surface area contributed by atoms with Crippen LogP contribution in [0.4, 0.5) is 0 Å². The minimum Gasteiger partial charge on any atom is -0.481 e. The van der Waals surface area contributed by atoms with Gasteiger partial charge >= 0.3 is 0 Å². The molecule has 0 radical (unpaired) electrons. The van der Waals surface area contributed by atoms with Crippen LogP contribution < -0.4 is 10.1 Å². The van der Waals surface area contributed by atoms with Crippen LogP contribution in [0.25, 0.3) is 0 Å². The number of nitrogens with zero attached hydrogens (tertiary/aromatic N) is 2. The lowest BCUT2D eigenvalue weighted by Gasteiger charge is -2.33. The predicted octanol–water partition coefficient (Wildman–Crippen LogP) is 1.55. The molecule has 5 heteroatoms. The van der Waals surface area contributed by atoms with E-state index in [2.05, 4.69) is 17.3 Å². The first kappa shape index (κ1) is 14.3. The van der Waals surface area contributed by atoms with E-state index in [0.717, 1.165) is 24.2 Å². The third-order valence-corrected chi connectivity index (χ3v) is 4.21. The number of hydrogen-bond donors (Lipinski definition) is 2. The molecule has 0 spiro atoms. The van der Waals surface area contributed by atoms with Crippen LogP contribution in [0, 0.1) is 12.8 Å². The molecule has 2 heterocycles.